The third-order valence-electron chi connectivity index (χ3n) is 4.67. The van der Waals surface area contributed by atoms with E-state index >= 15 is 0 Å². The predicted octanol–water partition coefficient (Wildman–Crippen LogP) is 2.69. The minimum Gasteiger partial charge on any atom is -0.436 e. The van der Waals surface area contributed by atoms with Crippen LogP contribution >= 0.6 is 0 Å². The van der Waals surface area contributed by atoms with E-state index in [0.29, 0.717) is 34.1 Å². The van der Waals surface area contributed by atoms with Crippen molar-refractivity contribution >= 4 is 34.4 Å². The number of hydrazine groups is 1. The van der Waals surface area contributed by atoms with Crippen LogP contribution in [-0.4, -0.2) is 36.5 Å². The number of oxazole rings is 1. The minimum atomic E-state index is -0.940. The monoisotopic (exact) mass is 458 g/mol. The lowest BCUT2D eigenvalue weighted by molar-refractivity contribution is -0.135. The Morgan fingerprint density at radius 3 is 2.56 bits per heavy atom. The van der Waals surface area contributed by atoms with Crippen molar-refractivity contribution < 1.29 is 18.4 Å². The number of hydrogen-bond donors (Lipinski definition) is 3. The molecule has 5 rings (SSSR count). The number of aromatic nitrogens is 5. The molecule has 2 amide bonds. The van der Waals surface area contributed by atoms with Crippen molar-refractivity contribution in [1.29, 1.82) is 0 Å². The van der Waals surface area contributed by atoms with Gasteiger partial charge >= 0.3 is 11.8 Å². The molecule has 0 spiro atoms. The largest absolute Gasteiger partial charge is 0.436 e. The van der Waals surface area contributed by atoms with Gasteiger partial charge in [0.2, 0.25) is 5.89 Å². The Labute approximate surface area is 190 Å². The normalized spacial score (nSPS) is 10.7. The lowest BCUT2D eigenvalue weighted by atomic mass is 10.2. The second kappa shape index (κ2) is 8.78. The summed E-state index contributed by atoms with van der Waals surface area (Å²) in [6.07, 6.45) is 4.89. The summed E-state index contributed by atoms with van der Waals surface area (Å²) in [7, 11) is 0. The fourth-order valence-corrected chi connectivity index (χ4v) is 3.01. The number of amides is 2. The van der Waals surface area contributed by atoms with E-state index in [1.165, 1.54) is 18.2 Å². The highest BCUT2D eigenvalue weighted by atomic mass is 19.1. The second-order valence-electron chi connectivity index (χ2n) is 6.99. The minimum absolute atomic E-state index is 0.237. The number of carbonyl (C=O) groups excluding carboxylic acids is 2. The van der Waals surface area contributed by atoms with Crippen LogP contribution in [-0.2, 0) is 9.59 Å². The number of carbonyl (C=O) groups is 2. The number of anilines is 2. The Morgan fingerprint density at radius 2 is 1.82 bits per heavy atom. The number of halogens is 1. The molecule has 12 heteroatoms. The van der Waals surface area contributed by atoms with Gasteiger partial charge in [0, 0.05) is 29.7 Å². The molecule has 11 nitrogen and oxygen atoms in total. The first kappa shape index (κ1) is 20.8. The van der Waals surface area contributed by atoms with Crippen LogP contribution in [0.2, 0.25) is 0 Å². The molecule has 0 unspecified atom stereocenters. The van der Waals surface area contributed by atoms with Crippen molar-refractivity contribution in [3.05, 3.63) is 79.1 Å². The number of benzene rings is 2. The molecular weight excluding hydrogens is 443 g/mol. The number of rotatable bonds is 5. The molecule has 3 heterocycles. The van der Waals surface area contributed by atoms with Crippen LogP contribution in [0.4, 0.5) is 15.9 Å². The first-order valence-electron chi connectivity index (χ1n) is 9.91. The van der Waals surface area contributed by atoms with E-state index in [1.807, 2.05) is 0 Å². The molecule has 0 saturated carbocycles. The molecule has 5 aromatic rings. The molecule has 3 aromatic heterocycles. The first-order valence-corrected chi connectivity index (χ1v) is 9.91. The van der Waals surface area contributed by atoms with Crippen molar-refractivity contribution in [2.45, 2.75) is 0 Å². The van der Waals surface area contributed by atoms with Crippen LogP contribution in [0.1, 0.15) is 0 Å². The number of nitrogens with zero attached hydrogens (tertiary/aromatic N) is 5. The summed E-state index contributed by atoms with van der Waals surface area (Å²) >= 11 is 0. The molecule has 0 radical (unpaired) electrons. The van der Waals surface area contributed by atoms with Gasteiger partial charge < -0.3 is 9.73 Å². The van der Waals surface area contributed by atoms with Crippen LogP contribution < -0.4 is 16.2 Å². The van der Waals surface area contributed by atoms with Gasteiger partial charge in [-0.1, -0.05) is 0 Å². The zero-order chi connectivity index (χ0) is 23.5. The fourth-order valence-electron chi connectivity index (χ4n) is 3.01. The quantitative estimate of drug-likeness (QED) is 0.270. The number of nitrogens with one attached hydrogen (secondary N) is 3. The van der Waals surface area contributed by atoms with Crippen LogP contribution in [0.3, 0.4) is 0 Å². The predicted molar refractivity (Wildman–Crippen MR) is 119 cm³/mol. The molecule has 2 aromatic carbocycles. The van der Waals surface area contributed by atoms with Gasteiger partial charge in [0.25, 0.3) is 0 Å². The van der Waals surface area contributed by atoms with Crippen molar-refractivity contribution in [3.63, 3.8) is 0 Å². The van der Waals surface area contributed by atoms with Crippen molar-refractivity contribution in [3.8, 4) is 17.3 Å². The van der Waals surface area contributed by atoms with Gasteiger partial charge in [0.15, 0.2) is 17.2 Å². The van der Waals surface area contributed by atoms with Gasteiger partial charge in [-0.15, -0.1) is 10.2 Å². The Kier molecular flexibility index (Phi) is 5.36. The number of imidazole rings is 1. The molecule has 0 saturated heterocycles. The molecule has 168 valence electrons. The molecule has 34 heavy (non-hydrogen) atoms. The summed E-state index contributed by atoms with van der Waals surface area (Å²) in [5, 5.41) is 10.4. The van der Waals surface area contributed by atoms with Crippen LogP contribution in [0.25, 0.3) is 28.4 Å². The van der Waals surface area contributed by atoms with E-state index in [0.717, 1.165) is 0 Å². The summed E-state index contributed by atoms with van der Waals surface area (Å²) < 4.78 is 20.5. The molecule has 3 N–H and O–H groups in total. The summed E-state index contributed by atoms with van der Waals surface area (Å²) in [5.74, 6) is -1.13. The summed E-state index contributed by atoms with van der Waals surface area (Å²) in [5.41, 5.74) is 6.65. The average Bonchev–Trinajstić information content (AvgIpc) is 3.53. The molecule has 0 aliphatic rings. The van der Waals surface area contributed by atoms with Gasteiger partial charge in [-0.25, -0.2) is 14.4 Å². The van der Waals surface area contributed by atoms with Crippen molar-refractivity contribution in [1.82, 2.24) is 30.2 Å². The maximum atomic E-state index is 13.1. The highest BCUT2D eigenvalue weighted by Gasteiger charge is 2.15. The molecular formula is C22H15FN8O3. The smallest absolute Gasteiger partial charge is 0.328 e. The average molecular weight is 458 g/mol. The van der Waals surface area contributed by atoms with E-state index in [4.69, 9.17) is 4.42 Å². The third-order valence-corrected chi connectivity index (χ3v) is 4.67. The topological polar surface area (TPSA) is 140 Å². The third kappa shape index (κ3) is 4.41. The standard InChI is InChI=1S/C22H15FN8O3/c23-14-3-1-13(2-4-14)22-26-16-6-5-15(11-17(16)34-22)25-20(32)21(33)30-28-18-7-8-19(29-27-18)31-10-9-24-12-31/h1-12H,(H,25,32)(H,27,28)(H,30,33). The van der Waals surface area contributed by atoms with E-state index < -0.39 is 11.8 Å². The number of fused-ring (bicyclic) bond motifs is 1. The van der Waals surface area contributed by atoms with Crippen LogP contribution in [0.5, 0.6) is 0 Å². The maximum absolute atomic E-state index is 13.1. The Balaban J connectivity index is 1.20. The number of hydrogen-bond acceptors (Lipinski definition) is 8. The zero-order valence-electron chi connectivity index (χ0n) is 17.3. The first-order chi connectivity index (χ1) is 16.5. The lowest BCUT2D eigenvalue weighted by Gasteiger charge is -2.08. The van der Waals surface area contributed by atoms with E-state index in [9.17, 15) is 14.0 Å². The SMILES string of the molecule is O=C(NNc1ccc(-n2ccnc2)nn1)C(=O)Nc1ccc2nc(-c3ccc(F)cc3)oc2c1. The van der Waals surface area contributed by atoms with Gasteiger partial charge in [-0.2, -0.15) is 0 Å². The summed E-state index contributed by atoms with van der Waals surface area (Å²) in [6.45, 7) is 0. The van der Waals surface area contributed by atoms with Gasteiger partial charge in [-0.3, -0.25) is 25.0 Å². The molecule has 0 bridgehead atoms. The van der Waals surface area contributed by atoms with E-state index in [2.05, 4.69) is 36.3 Å². The highest BCUT2D eigenvalue weighted by Crippen LogP contribution is 2.26. The van der Waals surface area contributed by atoms with Crippen molar-refractivity contribution in [2.24, 2.45) is 0 Å². The van der Waals surface area contributed by atoms with Gasteiger partial charge in [0.1, 0.15) is 17.7 Å². The van der Waals surface area contributed by atoms with E-state index in [-0.39, 0.29) is 11.6 Å². The fraction of sp³-hybridized carbons (Fsp3) is 0. The lowest BCUT2D eigenvalue weighted by Crippen LogP contribution is -2.39. The van der Waals surface area contributed by atoms with Gasteiger partial charge in [-0.05, 0) is 48.5 Å². The van der Waals surface area contributed by atoms with Crippen LogP contribution in [0, 0.1) is 5.82 Å². The van der Waals surface area contributed by atoms with Crippen LogP contribution in [0.15, 0.2) is 77.7 Å². The van der Waals surface area contributed by atoms with Crippen molar-refractivity contribution in [2.75, 3.05) is 10.7 Å². The van der Waals surface area contributed by atoms with Gasteiger partial charge in [0.05, 0.1) is 0 Å². The van der Waals surface area contributed by atoms with E-state index in [1.54, 1.807) is 59.7 Å². The Hall–Kier alpha value is -5.13. The molecule has 0 atom stereocenters. The molecule has 0 aliphatic carbocycles. The molecule has 0 aliphatic heterocycles. The zero-order valence-corrected chi connectivity index (χ0v) is 17.3. The highest BCUT2D eigenvalue weighted by molar-refractivity contribution is 6.39. The molecule has 0 fully saturated rings. The second-order valence-corrected chi connectivity index (χ2v) is 6.99. The maximum Gasteiger partial charge on any atom is 0.328 e. The summed E-state index contributed by atoms with van der Waals surface area (Å²) in [6, 6.07) is 13.7. The Morgan fingerprint density at radius 1 is 0.971 bits per heavy atom. The summed E-state index contributed by atoms with van der Waals surface area (Å²) in [4.78, 5) is 32.7. The Bertz CT molecular complexity index is 1460.